The van der Waals surface area contributed by atoms with E-state index in [0.29, 0.717) is 0 Å². The third-order valence-electron chi connectivity index (χ3n) is 4.06. The van der Waals surface area contributed by atoms with E-state index in [1.54, 1.807) is 0 Å². The van der Waals surface area contributed by atoms with Crippen LogP contribution in [0.1, 0.15) is 0 Å². The van der Waals surface area contributed by atoms with Crippen molar-refractivity contribution in [2.75, 3.05) is 23.7 Å². The molecule has 0 aliphatic carbocycles. The Morgan fingerprint density at radius 3 is 1.39 bits per heavy atom. The van der Waals surface area contributed by atoms with Crippen molar-refractivity contribution < 1.29 is 0 Å². The van der Waals surface area contributed by atoms with Gasteiger partial charge >= 0.3 is 0 Å². The van der Waals surface area contributed by atoms with Crippen molar-refractivity contribution in [3.05, 3.63) is 72.8 Å². The molecule has 0 atom stereocenters. The summed E-state index contributed by atoms with van der Waals surface area (Å²) >= 11 is 0. The molecule has 4 N–H and O–H groups in total. The Kier molecular flexibility index (Phi) is 7.92. The maximum absolute atomic E-state index is 4.30. The van der Waals surface area contributed by atoms with Crippen molar-refractivity contribution in [1.82, 2.24) is 20.4 Å². The quantitative estimate of drug-likeness (QED) is 0.325. The largest absolute Gasteiger partial charge is 0.367 e. The molecule has 0 aliphatic heterocycles. The summed E-state index contributed by atoms with van der Waals surface area (Å²) in [4.78, 5) is 0. The molecule has 4 aromatic rings. The molecular formula is C20H22Cl2N6. The zero-order valence-corrected chi connectivity index (χ0v) is 16.7. The van der Waals surface area contributed by atoms with E-state index in [9.17, 15) is 0 Å². The normalized spacial score (nSPS) is 9.86. The summed E-state index contributed by atoms with van der Waals surface area (Å²) in [5.41, 5.74) is 4.24. The lowest BCUT2D eigenvalue weighted by atomic mass is 10.1. The summed E-state index contributed by atoms with van der Waals surface area (Å²) in [6.45, 7) is 1.49. The van der Waals surface area contributed by atoms with E-state index in [1.807, 2.05) is 48.5 Å². The number of aromatic nitrogens is 4. The topological polar surface area (TPSA) is 81.4 Å². The Morgan fingerprint density at radius 1 is 0.607 bits per heavy atom. The van der Waals surface area contributed by atoms with Gasteiger partial charge in [0.1, 0.15) is 11.6 Å². The Morgan fingerprint density at radius 2 is 1.00 bits per heavy atom. The molecule has 28 heavy (non-hydrogen) atoms. The standard InChI is InChI=1S/C20H20N6.2ClH/c1-3-7-15(8-4-1)17-13-19(25-23-17)21-11-12-22-20-14-18(24-26-20)16-9-5-2-6-10-16;;/h1-10,13-14H,11-12H2,(H2,21,23,25)(H2,22,24,26);2*1H. The first-order chi connectivity index (χ1) is 12.9. The monoisotopic (exact) mass is 416 g/mol. The van der Waals surface area contributed by atoms with Crippen LogP contribution in [0.15, 0.2) is 72.8 Å². The highest BCUT2D eigenvalue weighted by Gasteiger charge is 2.04. The van der Waals surface area contributed by atoms with Crippen LogP contribution in [0.2, 0.25) is 0 Å². The van der Waals surface area contributed by atoms with E-state index in [-0.39, 0.29) is 24.8 Å². The van der Waals surface area contributed by atoms with Gasteiger partial charge in [-0.1, -0.05) is 60.7 Å². The SMILES string of the molecule is Cl.Cl.c1ccc(-c2cc(NCCNc3cc(-c4ccccc4)[nH]n3)n[nH]2)cc1. The fraction of sp³-hybridized carbons (Fsp3) is 0.100. The van der Waals surface area contributed by atoms with E-state index in [2.05, 4.69) is 55.3 Å². The first kappa shape index (κ1) is 21.3. The number of H-pyrrole nitrogens is 2. The Hall–Kier alpha value is -2.96. The molecule has 2 heterocycles. The first-order valence-electron chi connectivity index (χ1n) is 8.58. The predicted molar refractivity (Wildman–Crippen MR) is 120 cm³/mol. The number of rotatable bonds is 7. The molecule has 0 unspecified atom stereocenters. The van der Waals surface area contributed by atoms with Crippen LogP contribution in [0.4, 0.5) is 11.6 Å². The van der Waals surface area contributed by atoms with E-state index < -0.39 is 0 Å². The van der Waals surface area contributed by atoms with Crippen LogP contribution in [0.5, 0.6) is 0 Å². The molecule has 0 amide bonds. The van der Waals surface area contributed by atoms with Gasteiger partial charge in [-0.3, -0.25) is 10.2 Å². The molecular weight excluding hydrogens is 395 g/mol. The highest BCUT2D eigenvalue weighted by molar-refractivity contribution is 5.85. The van der Waals surface area contributed by atoms with Crippen molar-refractivity contribution in [2.24, 2.45) is 0 Å². The summed E-state index contributed by atoms with van der Waals surface area (Å²) in [6.07, 6.45) is 0. The number of benzene rings is 2. The fourth-order valence-corrected chi connectivity index (χ4v) is 2.74. The number of anilines is 2. The van der Waals surface area contributed by atoms with Gasteiger partial charge in [0.2, 0.25) is 0 Å². The molecule has 0 spiro atoms. The van der Waals surface area contributed by atoms with Crippen LogP contribution in [0, 0.1) is 0 Å². The van der Waals surface area contributed by atoms with Gasteiger partial charge in [-0.2, -0.15) is 10.2 Å². The Bertz CT molecular complexity index is 873. The summed E-state index contributed by atoms with van der Waals surface area (Å²) < 4.78 is 0. The minimum Gasteiger partial charge on any atom is -0.367 e. The lowest BCUT2D eigenvalue weighted by Crippen LogP contribution is -2.13. The van der Waals surface area contributed by atoms with Gasteiger partial charge in [0.05, 0.1) is 11.4 Å². The zero-order chi connectivity index (χ0) is 17.6. The van der Waals surface area contributed by atoms with Crippen LogP contribution in [-0.2, 0) is 0 Å². The smallest absolute Gasteiger partial charge is 0.148 e. The van der Waals surface area contributed by atoms with Crippen LogP contribution in [0.3, 0.4) is 0 Å². The molecule has 8 heteroatoms. The third kappa shape index (κ3) is 5.28. The average molecular weight is 417 g/mol. The van der Waals surface area contributed by atoms with Crippen LogP contribution in [0.25, 0.3) is 22.5 Å². The molecule has 2 aromatic carbocycles. The molecule has 0 saturated carbocycles. The Balaban J connectivity index is 0.00000140. The maximum Gasteiger partial charge on any atom is 0.148 e. The predicted octanol–water partition coefficient (Wildman–Crippen LogP) is 4.83. The van der Waals surface area contributed by atoms with Gasteiger partial charge in [0.15, 0.2) is 0 Å². The minimum atomic E-state index is 0. The van der Waals surface area contributed by atoms with Crippen LogP contribution in [-0.4, -0.2) is 33.5 Å². The lowest BCUT2D eigenvalue weighted by Gasteiger charge is -2.03. The lowest BCUT2D eigenvalue weighted by molar-refractivity contribution is 1.01. The second kappa shape index (κ2) is 10.4. The van der Waals surface area contributed by atoms with Crippen molar-refractivity contribution in [2.45, 2.75) is 0 Å². The average Bonchev–Trinajstić information content (AvgIpc) is 3.37. The number of nitrogens with one attached hydrogen (secondary N) is 4. The zero-order valence-electron chi connectivity index (χ0n) is 15.1. The highest BCUT2D eigenvalue weighted by atomic mass is 35.5. The molecule has 6 nitrogen and oxygen atoms in total. The third-order valence-corrected chi connectivity index (χ3v) is 4.06. The molecule has 146 valence electrons. The van der Waals surface area contributed by atoms with Gasteiger partial charge in [-0.15, -0.1) is 24.8 Å². The van der Waals surface area contributed by atoms with Gasteiger partial charge in [-0.25, -0.2) is 0 Å². The van der Waals surface area contributed by atoms with E-state index in [4.69, 9.17) is 0 Å². The van der Waals surface area contributed by atoms with Gasteiger partial charge < -0.3 is 10.6 Å². The number of halogens is 2. The number of aromatic amines is 2. The van der Waals surface area contributed by atoms with Crippen molar-refractivity contribution in [1.29, 1.82) is 0 Å². The summed E-state index contributed by atoms with van der Waals surface area (Å²) in [5, 5.41) is 21.3. The summed E-state index contributed by atoms with van der Waals surface area (Å²) in [5.74, 6) is 1.66. The molecule has 0 saturated heterocycles. The van der Waals surface area contributed by atoms with E-state index in [0.717, 1.165) is 47.2 Å². The second-order valence-corrected chi connectivity index (χ2v) is 5.92. The molecule has 0 fully saturated rings. The molecule has 0 radical (unpaired) electrons. The minimum absolute atomic E-state index is 0. The van der Waals surface area contributed by atoms with Gasteiger partial charge in [0.25, 0.3) is 0 Å². The number of nitrogens with zero attached hydrogens (tertiary/aromatic N) is 2. The van der Waals surface area contributed by atoms with Crippen molar-refractivity contribution >= 4 is 36.4 Å². The number of hydrogen-bond acceptors (Lipinski definition) is 4. The highest BCUT2D eigenvalue weighted by Crippen LogP contribution is 2.20. The molecule has 0 bridgehead atoms. The number of hydrogen-bond donors (Lipinski definition) is 4. The van der Waals surface area contributed by atoms with Gasteiger partial charge in [0, 0.05) is 25.2 Å². The Labute approximate surface area is 176 Å². The molecule has 0 aliphatic rings. The molecule has 2 aromatic heterocycles. The van der Waals surface area contributed by atoms with E-state index in [1.165, 1.54) is 0 Å². The van der Waals surface area contributed by atoms with Gasteiger partial charge in [-0.05, 0) is 11.1 Å². The van der Waals surface area contributed by atoms with Crippen molar-refractivity contribution in [3.63, 3.8) is 0 Å². The van der Waals surface area contributed by atoms with E-state index >= 15 is 0 Å². The molecule has 4 rings (SSSR count). The van der Waals surface area contributed by atoms with Crippen LogP contribution >= 0.6 is 24.8 Å². The fourth-order valence-electron chi connectivity index (χ4n) is 2.74. The van der Waals surface area contributed by atoms with Crippen molar-refractivity contribution in [3.8, 4) is 22.5 Å². The van der Waals surface area contributed by atoms with Crippen LogP contribution < -0.4 is 10.6 Å². The second-order valence-electron chi connectivity index (χ2n) is 5.92. The maximum atomic E-state index is 4.30. The summed E-state index contributed by atoms with van der Waals surface area (Å²) in [6, 6.07) is 24.3. The summed E-state index contributed by atoms with van der Waals surface area (Å²) in [7, 11) is 0. The first-order valence-corrected chi connectivity index (χ1v) is 8.58.